The second-order valence-electron chi connectivity index (χ2n) is 4.92. The maximum absolute atomic E-state index is 3.61. The quantitative estimate of drug-likeness (QED) is 0.681. The van der Waals surface area contributed by atoms with E-state index in [1.807, 2.05) is 0 Å². The number of unbranched alkanes of at least 4 members (excludes halogenated alkanes) is 3. The molecule has 0 aliphatic carbocycles. The molecular formula is C13H28N2. The molecule has 0 aromatic heterocycles. The van der Waals surface area contributed by atoms with Crippen molar-refractivity contribution in [3.05, 3.63) is 0 Å². The fraction of sp³-hybridized carbons (Fsp3) is 1.00. The Morgan fingerprint density at radius 3 is 2.67 bits per heavy atom. The summed E-state index contributed by atoms with van der Waals surface area (Å²) in [7, 11) is 0. The summed E-state index contributed by atoms with van der Waals surface area (Å²) < 4.78 is 0. The third-order valence-electron chi connectivity index (χ3n) is 3.57. The summed E-state index contributed by atoms with van der Waals surface area (Å²) in [5, 5.41) is 3.61. The molecule has 2 unspecified atom stereocenters. The first-order valence-electron chi connectivity index (χ1n) is 6.75. The van der Waals surface area contributed by atoms with E-state index < -0.39 is 0 Å². The van der Waals surface area contributed by atoms with Crippen molar-refractivity contribution in [1.82, 2.24) is 10.2 Å². The standard InChI is InChI=1S/C13H28N2/c1-4-6-7-8-9-15-11-13(5-2)14-10-12(15)3/h12-14H,4-11H2,1-3H3. The van der Waals surface area contributed by atoms with Crippen LogP contribution < -0.4 is 5.32 Å². The van der Waals surface area contributed by atoms with Gasteiger partial charge in [0.05, 0.1) is 0 Å². The van der Waals surface area contributed by atoms with E-state index in [0.717, 1.165) is 12.1 Å². The Balaban J connectivity index is 2.19. The zero-order chi connectivity index (χ0) is 11.1. The summed E-state index contributed by atoms with van der Waals surface area (Å²) in [6.07, 6.45) is 6.79. The van der Waals surface area contributed by atoms with Gasteiger partial charge in [-0.2, -0.15) is 0 Å². The monoisotopic (exact) mass is 212 g/mol. The smallest absolute Gasteiger partial charge is 0.0193 e. The number of rotatable bonds is 6. The van der Waals surface area contributed by atoms with Gasteiger partial charge < -0.3 is 5.32 Å². The summed E-state index contributed by atoms with van der Waals surface area (Å²) in [5.41, 5.74) is 0. The Labute approximate surface area is 95.4 Å². The van der Waals surface area contributed by atoms with Gasteiger partial charge in [0.2, 0.25) is 0 Å². The predicted octanol–water partition coefficient (Wildman–Crippen LogP) is 2.64. The first-order chi connectivity index (χ1) is 7.27. The van der Waals surface area contributed by atoms with Crippen molar-refractivity contribution in [3.63, 3.8) is 0 Å². The zero-order valence-electron chi connectivity index (χ0n) is 10.8. The molecule has 1 N–H and O–H groups in total. The normalized spacial score (nSPS) is 28.2. The molecule has 2 heteroatoms. The van der Waals surface area contributed by atoms with Crippen molar-refractivity contribution in [2.75, 3.05) is 19.6 Å². The summed E-state index contributed by atoms with van der Waals surface area (Å²) in [5.74, 6) is 0. The molecule has 1 fully saturated rings. The van der Waals surface area contributed by atoms with Gasteiger partial charge in [0.25, 0.3) is 0 Å². The lowest BCUT2D eigenvalue weighted by atomic mass is 10.1. The lowest BCUT2D eigenvalue weighted by Gasteiger charge is -2.38. The van der Waals surface area contributed by atoms with Crippen LogP contribution in [0.5, 0.6) is 0 Å². The largest absolute Gasteiger partial charge is 0.311 e. The molecule has 1 rings (SSSR count). The van der Waals surface area contributed by atoms with Crippen molar-refractivity contribution in [2.45, 2.75) is 65.0 Å². The fourth-order valence-electron chi connectivity index (χ4n) is 2.32. The summed E-state index contributed by atoms with van der Waals surface area (Å²) >= 11 is 0. The van der Waals surface area contributed by atoms with Crippen LogP contribution in [0.15, 0.2) is 0 Å². The molecule has 0 saturated carbocycles. The molecule has 0 aromatic carbocycles. The van der Waals surface area contributed by atoms with Crippen molar-refractivity contribution in [3.8, 4) is 0 Å². The Bertz CT molecular complexity index is 159. The Kier molecular flexibility index (Phi) is 6.26. The van der Waals surface area contributed by atoms with Crippen LogP contribution in [0.4, 0.5) is 0 Å². The minimum absolute atomic E-state index is 0.729. The highest BCUT2D eigenvalue weighted by molar-refractivity contribution is 4.82. The van der Waals surface area contributed by atoms with Crippen LogP contribution in [-0.4, -0.2) is 36.6 Å². The van der Waals surface area contributed by atoms with Crippen molar-refractivity contribution >= 4 is 0 Å². The highest BCUT2D eigenvalue weighted by Gasteiger charge is 2.22. The molecule has 1 aliphatic heterocycles. The van der Waals surface area contributed by atoms with Gasteiger partial charge in [-0.3, -0.25) is 4.90 Å². The number of nitrogens with zero attached hydrogens (tertiary/aromatic N) is 1. The maximum atomic E-state index is 3.61. The molecular weight excluding hydrogens is 184 g/mol. The second-order valence-corrected chi connectivity index (χ2v) is 4.92. The number of hydrogen-bond acceptors (Lipinski definition) is 2. The SMILES string of the molecule is CCCCCCN1CC(CC)NCC1C. The Morgan fingerprint density at radius 1 is 1.20 bits per heavy atom. The molecule has 0 aromatic rings. The van der Waals surface area contributed by atoms with Crippen LogP contribution in [0, 0.1) is 0 Å². The molecule has 1 saturated heterocycles. The van der Waals surface area contributed by atoms with Crippen molar-refractivity contribution in [1.29, 1.82) is 0 Å². The average Bonchev–Trinajstić information content (AvgIpc) is 2.26. The van der Waals surface area contributed by atoms with Crippen LogP contribution >= 0.6 is 0 Å². The third kappa shape index (κ3) is 4.52. The van der Waals surface area contributed by atoms with Gasteiger partial charge >= 0.3 is 0 Å². The maximum Gasteiger partial charge on any atom is 0.0193 e. The molecule has 90 valence electrons. The first kappa shape index (κ1) is 13.0. The lowest BCUT2D eigenvalue weighted by molar-refractivity contribution is 0.136. The molecule has 0 amide bonds. The summed E-state index contributed by atoms with van der Waals surface area (Å²) in [6.45, 7) is 10.6. The molecule has 2 nitrogen and oxygen atoms in total. The summed E-state index contributed by atoms with van der Waals surface area (Å²) in [4.78, 5) is 2.67. The van der Waals surface area contributed by atoms with Gasteiger partial charge in [-0.25, -0.2) is 0 Å². The molecule has 2 atom stereocenters. The van der Waals surface area contributed by atoms with Crippen LogP contribution in [0.1, 0.15) is 52.9 Å². The molecule has 0 bridgehead atoms. The Hall–Kier alpha value is -0.0800. The topological polar surface area (TPSA) is 15.3 Å². The van der Waals surface area contributed by atoms with Crippen molar-refractivity contribution in [2.24, 2.45) is 0 Å². The van der Waals surface area contributed by atoms with Crippen LogP contribution in [0.2, 0.25) is 0 Å². The third-order valence-corrected chi connectivity index (χ3v) is 3.57. The highest BCUT2D eigenvalue weighted by atomic mass is 15.2. The minimum atomic E-state index is 0.729. The molecule has 0 spiro atoms. The van der Waals surface area contributed by atoms with E-state index in [2.05, 4.69) is 31.0 Å². The Morgan fingerprint density at radius 2 is 2.00 bits per heavy atom. The highest BCUT2D eigenvalue weighted by Crippen LogP contribution is 2.10. The van der Waals surface area contributed by atoms with E-state index in [-0.39, 0.29) is 0 Å². The summed E-state index contributed by atoms with van der Waals surface area (Å²) in [6, 6.07) is 1.46. The number of nitrogens with one attached hydrogen (secondary N) is 1. The van der Waals surface area contributed by atoms with E-state index in [1.54, 1.807) is 0 Å². The molecule has 1 aliphatic rings. The molecule has 0 radical (unpaired) electrons. The zero-order valence-corrected chi connectivity index (χ0v) is 10.8. The van der Waals surface area contributed by atoms with Crippen LogP contribution in [0.25, 0.3) is 0 Å². The van der Waals surface area contributed by atoms with Gasteiger partial charge in [-0.15, -0.1) is 0 Å². The lowest BCUT2D eigenvalue weighted by Crippen LogP contribution is -2.55. The average molecular weight is 212 g/mol. The molecule has 15 heavy (non-hydrogen) atoms. The van der Waals surface area contributed by atoms with Gasteiger partial charge in [0.15, 0.2) is 0 Å². The van der Waals surface area contributed by atoms with Crippen molar-refractivity contribution < 1.29 is 0 Å². The van der Waals surface area contributed by atoms with Gasteiger partial charge in [0, 0.05) is 25.2 Å². The molecule has 1 heterocycles. The number of hydrogen-bond donors (Lipinski definition) is 1. The number of piperazine rings is 1. The predicted molar refractivity (Wildman–Crippen MR) is 67.3 cm³/mol. The van der Waals surface area contributed by atoms with Gasteiger partial charge in [-0.05, 0) is 26.3 Å². The fourth-order valence-corrected chi connectivity index (χ4v) is 2.32. The van der Waals surface area contributed by atoms with E-state index >= 15 is 0 Å². The van der Waals surface area contributed by atoms with E-state index in [0.29, 0.717) is 0 Å². The van der Waals surface area contributed by atoms with E-state index in [4.69, 9.17) is 0 Å². The first-order valence-corrected chi connectivity index (χ1v) is 6.75. The van der Waals surface area contributed by atoms with Crippen LogP contribution in [-0.2, 0) is 0 Å². The minimum Gasteiger partial charge on any atom is -0.311 e. The van der Waals surface area contributed by atoms with Crippen LogP contribution in [0.3, 0.4) is 0 Å². The van der Waals surface area contributed by atoms with E-state index in [9.17, 15) is 0 Å². The van der Waals surface area contributed by atoms with Gasteiger partial charge in [0.1, 0.15) is 0 Å². The van der Waals surface area contributed by atoms with Gasteiger partial charge in [-0.1, -0.05) is 33.1 Å². The van der Waals surface area contributed by atoms with E-state index in [1.165, 1.54) is 51.7 Å². The second kappa shape index (κ2) is 7.24.